The third-order valence-electron chi connectivity index (χ3n) is 3.07. The fourth-order valence-corrected chi connectivity index (χ4v) is 2.77. The third kappa shape index (κ3) is 2.11. The Kier molecular flexibility index (Phi) is 3.51. The number of para-hydroxylation sites is 3. The predicted octanol–water partition coefficient (Wildman–Crippen LogP) is 4.74. The molecule has 0 atom stereocenters. The van der Waals surface area contributed by atoms with Crippen molar-refractivity contribution in [3.8, 4) is 11.4 Å². The molecule has 0 radical (unpaired) electrons. The minimum Gasteiger partial charge on any atom is -0.492 e. The van der Waals surface area contributed by atoms with Crippen molar-refractivity contribution in [1.29, 1.82) is 0 Å². The second-order valence-electron chi connectivity index (χ2n) is 4.30. The maximum absolute atomic E-state index is 6.21. The molecule has 0 amide bonds. The van der Waals surface area contributed by atoms with Gasteiger partial charge in [-0.1, -0.05) is 29.8 Å². The summed E-state index contributed by atoms with van der Waals surface area (Å²) >= 11 is 11.6. The maximum Gasteiger partial charge on any atom is 0.182 e. The Bertz CT molecular complexity index is 822. The van der Waals surface area contributed by atoms with Gasteiger partial charge in [0.25, 0.3) is 0 Å². The monoisotopic (exact) mass is 304 g/mol. The molecule has 102 valence electrons. The number of aromatic nitrogens is 2. The van der Waals surface area contributed by atoms with Crippen LogP contribution in [0.2, 0.25) is 5.02 Å². The van der Waals surface area contributed by atoms with E-state index in [-0.39, 0.29) is 0 Å². The molecule has 0 bridgehead atoms. The summed E-state index contributed by atoms with van der Waals surface area (Å²) in [6, 6.07) is 13.6. The van der Waals surface area contributed by atoms with Crippen LogP contribution in [0.4, 0.5) is 0 Å². The van der Waals surface area contributed by atoms with E-state index in [9.17, 15) is 0 Å². The summed E-state index contributed by atoms with van der Waals surface area (Å²) in [6.07, 6.45) is 0. The molecule has 0 aliphatic carbocycles. The van der Waals surface area contributed by atoms with Crippen molar-refractivity contribution < 1.29 is 4.74 Å². The summed E-state index contributed by atoms with van der Waals surface area (Å²) in [5.74, 6) is 0.798. The molecule has 20 heavy (non-hydrogen) atoms. The number of fused-ring (bicyclic) bond motifs is 1. The standard InChI is InChI=1S/C15H13ClN2OS/c1-2-19-13-9-4-3-7-11(13)18-12-8-5-6-10(16)14(12)17-15(18)20/h3-9H,2H2,1H3,(H,17,20). The van der Waals surface area contributed by atoms with Crippen LogP contribution < -0.4 is 4.74 Å². The van der Waals surface area contributed by atoms with Gasteiger partial charge in [0.05, 0.1) is 28.4 Å². The van der Waals surface area contributed by atoms with Crippen LogP contribution in [0.3, 0.4) is 0 Å². The molecule has 3 nitrogen and oxygen atoms in total. The van der Waals surface area contributed by atoms with Crippen molar-refractivity contribution in [2.75, 3.05) is 6.61 Å². The Hall–Kier alpha value is -1.78. The molecule has 0 aliphatic heterocycles. The van der Waals surface area contributed by atoms with Gasteiger partial charge < -0.3 is 9.72 Å². The van der Waals surface area contributed by atoms with Crippen molar-refractivity contribution in [2.24, 2.45) is 0 Å². The first-order valence-corrected chi connectivity index (χ1v) is 7.12. The molecule has 0 fully saturated rings. The molecule has 0 spiro atoms. The van der Waals surface area contributed by atoms with Crippen molar-refractivity contribution in [3.63, 3.8) is 0 Å². The van der Waals surface area contributed by atoms with E-state index in [1.54, 1.807) is 0 Å². The van der Waals surface area contributed by atoms with Crippen molar-refractivity contribution in [2.45, 2.75) is 6.92 Å². The lowest BCUT2D eigenvalue weighted by Gasteiger charge is -2.11. The SMILES string of the molecule is CCOc1ccccc1-n1c(=S)[nH]c2c(Cl)cccc21. The van der Waals surface area contributed by atoms with E-state index in [1.807, 2.05) is 54.0 Å². The average Bonchev–Trinajstić information content (AvgIpc) is 2.78. The lowest BCUT2D eigenvalue weighted by Crippen LogP contribution is -2.00. The van der Waals surface area contributed by atoms with E-state index in [4.69, 9.17) is 28.6 Å². The number of aromatic amines is 1. The average molecular weight is 305 g/mol. The van der Waals surface area contributed by atoms with Crippen LogP contribution in [-0.2, 0) is 0 Å². The van der Waals surface area contributed by atoms with Crippen LogP contribution in [-0.4, -0.2) is 16.2 Å². The molecule has 2 aromatic carbocycles. The molecule has 5 heteroatoms. The van der Waals surface area contributed by atoms with Gasteiger partial charge in [0, 0.05) is 0 Å². The lowest BCUT2D eigenvalue weighted by atomic mass is 10.2. The van der Waals surface area contributed by atoms with Crippen LogP contribution >= 0.6 is 23.8 Å². The quantitative estimate of drug-likeness (QED) is 0.708. The molecule has 3 rings (SSSR count). The smallest absolute Gasteiger partial charge is 0.182 e. The van der Waals surface area contributed by atoms with Crippen LogP contribution in [0.1, 0.15) is 6.92 Å². The molecule has 0 aliphatic rings. The number of halogens is 1. The fourth-order valence-electron chi connectivity index (χ4n) is 2.25. The number of ether oxygens (including phenoxy) is 1. The minimum absolute atomic E-state index is 0.597. The number of nitrogens with one attached hydrogen (secondary N) is 1. The number of H-pyrrole nitrogens is 1. The van der Waals surface area contributed by atoms with E-state index in [2.05, 4.69) is 4.98 Å². The summed E-state index contributed by atoms with van der Waals surface area (Å²) in [6.45, 7) is 2.57. The summed E-state index contributed by atoms with van der Waals surface area (Å²) in [4.78, 5) is 3.15. The largest absolute Gasteiger partial charge is 0.492 e. The summed E-state index contributed by atoms with van der Waals surface area (Å²) in [5.41, 5.74) is 2.69. The number of benzene rings is 2. The van der Waals surface area contributed by atoms with Crippen molar-refractivity contribution in [1.82, 2.24) is 9.55 Å². The summed E-state index contributed by atoms with van der Waals surface area (Å²) < 4.78 is 8.22. The number of hydrogen-bond donors (Lipinski definition) is 1. The second-order valence-corrected chi connectivity index (χ2v) is 5.09. The molecule has 0 unspecified atom stereocenters. The third-order valence-corrected chi connectivity index (χ3v) is 3.67. The van der Waals surface area contributed by atoms with Gasteiger partial charge in [-0.15, -0.1) is 0 Å². The number of imidazole rings is 1. The zero-order chi connectivity index (χ0) is 14.1. The Morgan fingerprint density at radius 3 is 2.80 bits per heavy atom. The van der Waals surface area contributed by atoms with Crippen LogP contribution in [0.5, 0.6) is 5.75 Å². The highest BCUT2D eigenvalue weighted by atomic mass is 35.5. The number of nitrogens with zero attached hydrogens (tertiary/aromatic N) is 1. The van der Waals surface area contributed by atoms with Crippen LogP contribution in [0.25, 0.3) is 16.7 Å². The second kappa shape index (κ2) is 5.31. The van der Waals surface area contributed by atoms with Gasteiger partial charge in [-0.25, -0.2) is 0 Å². The van der Waals surface area contributed by atoms with E-state index in [1.165, 1.54) is 0 Å². The Labute approximate surface area is 126 Å². The zero-order valence-corrected chi connectivity index (χ0v) is 12.5. The Morgan fingerprint density at radius 2 is 2.00 bits per heavy atom. The highest BCUT2D eigenvalue weighted by molar-refractivity contribution is 7.71. The van der Waals surface area contributed by atoms with E-state index in [0.29, 0.717) is 16.4 Å². The molecular formula is C15H13ClN2OS. The molecule has 0 saturated carbocycles. The summed E-state index contributed by atoms with van der Waals surface area (Å²) in [5, 5.41) is 0.654. The van der Waals surface area contributed by atoms with Crippen molar-refractivity contribution >= 4 is 34.9 Å². The van der Waals surface area contributed by atoms with Gasteiger partial charge in [0.1, 0.15) is 5.75 Å². The minimum atomic E-state index is 0.597. The summed E-state index contributed by atoms with van der Waals surface area (Å²) in [7, 11) is 0. The van der Waals surface area contributed by atoms with Gasteiger partial charge in [-0.05, 0) is 43.4 Å². The fraction of sp³-hybridized carbons (Fsp3) is 0.133. The van der Waals surface area contributed by atoms with Crippen molar-refractivity contribution in [3.05, 3.63) is 52.3 Å². The van der Waals surface area contributed by atoms with E-state index >= 15 is 0 Å². The number of hydrogen-bond acceptors (Lipinski definition) is 2. The molecule has 1 aromatic heterocycles. The van der Waals surface area contributed by atoms with Gasteiger partial charge in [0.15, 0.2) is 4.77 Å². The van der Waals surface area contributed by atoms with Gasteiger partial charge in [-0.3, -0.25) is 4.57 Å². The molecular weight excluding hydrogens is 292 g/mol. The first-order chi connectivity index (χ1) is 9.72. The molecule has 1 heterocycles. The lowest BCUT2D eigenvalue weighted by molar-refractivity contribution is 0.339. The molecule has 0 saturated heterocycles. The Morgan fingerprint density at radius 1 is 1.20 bits per heavy atom. The Balaban J connectivity index is 2.33. The van der Waals surface area contributed by atoms with E-state index in [0.717, 1.165) is 22.5 Å². The van der Waals surface area contributed by atoms with Gasteiger partial charge in [0.2, 0.25) is 0 Å². The topological polar surface area (TPSA) is 29.9 Å². The van der Waals surface area contributed by atoms with Crippen LogP contribution in [0, 0.1) is 4.77 Å². The first kappa shape index (κ1) is 13.2. The predicted molar refractivity (Wildman–Crippen MR) is 84.6 cm³/mol. The van der Waals surface area contributed by atoms with E-state index < -0.39 is 0 Å². The highest BCUT2D eigenvalue weighted by Gasteiger charge is 2.12. The van der Waals surface area contributed by atoms with Crippen LogP contribution in [0.15, 0.2) is 42.5 Å². The normalized spacial score (nSPS) is 10.9. The number of rotatable bonds is 3. The zero-order valence-electron chi connectivity index (χ0n) is 10.9. The van der Waals surface area contributed by atoms with Gasteiger partial charge >= 0.3 is 0 Å². The molecule has 1 N–H and O–H groups in total. The molecule has 3 aromatic rings. The van der Waals surface area contributed by atoms with Gasteiger partial charge in [-0.2, -0.15) is 0 Å². The highest BCUT2D eigenvalue weighted by Crippen LogP contribution is 2.29. The first-order valence-electron chi connectivity index (χ1n) is 6.34. The maximum atomic E-state index is 6.21.